The summed E-state index contributed by atoms with van der Waals surface area (Å²) >= 11 is 0. The van der Waals surface area contributed by atoms with Crippen LogP contribution in [0.1, 0.15) is 19.3 Å². The number of hydrogen-bond donors (Lipinski definition) is 0. The molecule has 1 amide bonds. The molecule has 0 unspecified atom stereocenters. The smallest absolute Gasteiger partial charge is 0.223 e. The van der Waals surface area contributed by atoms with Gasteiger partial charge in [0.25, 0.3) is 0 Å². The van der Waals surface area contributed by atoms with Crippen LogP contribution in [0.4, 0.5) is 0 Å². The monoisotopic (exact) mass is 399 g/mol. The molecule has 0 saturated carbocycles. The predicted octanol–water partition coefficient (Wildman–Crippen LogP) is 1.23. The van der Waals surface area contributed by atoms with Crippen LogP contribution in [0, 0.1) is 0 Å². The maximum atomic E-state index is 12.6. The van der Waals surface area contributed by atoms with Gasteiger partial charge in [-0.1, -0.05) is 0 Å². The van der Waals surface area contributed by atoms with E-state index < -0.39 is 15.6 Å². The topological polar surface area (TPSA) is 91.4 Å². The van der Waals surface area contributed by atoms with E-state index in [0.29, 0.717) is 50.6 Å². The van der Waals surface area contributed by atoms with E-state index in [1.54, 1.807) is 11.0 Å². The van der Waals surface area contributed by atoms with E-state index in [0.717, 1.165) is 0 Å². The van der Waals surface area contributed by atoms with Crippen LogP contribution in [0.2, 0.25) is 0 Å². The van der Waals surface area contributed by atoms with Gasteiger partial charge in [0.05, 0.1) is 38.1 Å². The average Bonchev–Trinajstić information content (AvgIpc) is 3.14. The number of ether oxygens (including phenoxy) is 4. The molecule has 1 aromatic carbocycles. The Kier molecular flexibility index (Phi) is 5.92. The number of rotatable bonds is 6. The lowest BCUT2D eigenvalue weighted by Gasteiger charge is -2.37. The Bertz CT molecular complexity index is 777. The second-order valence-electron chi connectivity index (χ2n) is 6.57. The predicted molar refractivity (Wildman–Crippen MR) is 96.7 cm³/mol. The number of likely N-dealkylation sites (tertiary alicyclic amines) is 1. The van der Waals surface area contributed by atoms with E-state index in [2.05, 4.69) is 0 Å². The van der Waals surface area contributed by atoms with Gasteiger partial charge in [0, 0.05) is 38.4 Å². The van der Waals surface area contributed by atoms with E-state index in [4.69, 9.17) is 18.9 Å². The number of sulfone groups is 1. The second-order valence-corrected chi connectivity index (χ2v) is 8.68. The number of hydrogen-bond acceptors (Lipinski definition) is 7. The summed E-state index contributed by atoms with van der Waals surface area (Å²) in [7, 11) is -0.682. The summed E-state index contributed by atoms with van der Waals surface area (Å²) in [5.74, 6) is -0.195. The summed E-state index contributed by atoms with van der Waals surface area (Å²) in [4.78, 5) is 14.2. The first-order valence-corrected chi connectivity index (χ1v) is 10.5. The normalized spacial score (nSPS) is 19.3. The Balaban J connectivity index is 1.58. The molecule has 1 aromatic rings. The fourth-order valence-corrected chi connectivity index (χ4v) is 4.63. The molecule has 0 atom stereocenters. The fraction of sp³-hybridized carbons (Fsp3) is 0.611. The number of methoxy groups -OCH3 is 2. The van der Waals surface area contributed by atoms with Gasteiger partial charge in [-0.25, -0.2) is 8.42 Å². The van der Waals surface area contributed by atoms with Crippen LogP contribution in [0.25, 0.3) is 0 Å². The zero-order valence-electron chi connectivity index (χ0n) is 15.6. The van der Waals surface area contributed by atoms with Crippen LogP contribution in [-0.2, 0) is 24.1 Å². The van der Waals surface area contributed by atoms with Gasteiger partial charge in [0.15, 0.2) is 27.1 Å². The summed E-state index contributed by atoms with van der Waals surface area (Å²) in [6.07, 6.45) is 1.16. The van der Waals surface area contributed by atoms with Crippen molar-refractivity contribution in [2.24, 2.45) is 0 Å². The molecule has 2 fully saturated rings. The quantitative estimate of drug-likeness (QED) is 0.710. The first kappa shape index (κ1) is 19.9. The van der Waals surface area contributed by atoms with Crippen LogP contribution >= 0.6 is 0 Å². The van der Waals surface area contributed by atoms with Gasteiger partial charge >= 0.3 is 0 Å². The van der Waals surface area contributed by atoms with Crippen molar-refractivity contribution in [3.63, 3.8) is 0 Å². The minimum Gasteiger partial charge on any atom is -0.493 e. The summed E-state index contributed by atoms with van der Waals surface area (Å²) in [6, 6.07) is 4.41. The molecule has 2 saturated heterocycles. The highest BCUT2D eigenvalue weighted by molar-refractivity contribution is 7.91. The zero-order chi connectivity index (χ0) is 19.5. The van der Waals surface area contributed by atoms with Crippen molar-refractivity contribution in [1.82, 2.24) is 4.90 Å². The number of piperidine rings is 1. The van der Waals surface area contributed by atoms with Crippen molar-refractivity contribution in [2.75, 3.05) is 46.3 Å². The molecule has 2 aliphatic rings. The van der Waals surface area contributed by atoms with Gasteiger partial charge in [-0.3, -0.25) is 4.79 Å². The molecule has 1 spiro atoms. The summed E-state index contributed by atoms with van der Waals surface area (Å²) in [5.41, 5.74) is 0. The van der Waals surface area contributed by atoms with Crippen LogP contribution in [-0.4, -0.2) is 71.3 Å². The number of benzene rings is 1. The van der Waals surface area contributed by atoms with E-state index in [-0.39, 0.29) is 23.0 Å². The molecule has 0 N–H and O–H groups in total. The fourth-order valence-electron chi connectivity index (χ4n) is 3.39. The highest BCUT2D eigenvalue weighted by atomic mass is 32.2. The molecule has 150 valence electrons. The Morgan fingerprint density at radius 1 is 1.11 bits per heavy atom. The summed E-state index contributed by atoms with van der Waals surface area (Å²) < 4.78 is 46.7. The Hall–Kier alpha value is -1.84. The molecule has 2 aliphatic heterocycles. The van der Waals surface area contributed by atoms with Gasteiger partial charge in [-0.15, -0.1) is 0 Å². The summed E-state index contributed by atoms with van der Waals surface area (Å²) in [5, 5.41) is 0. The largest absolute Gasteiger partial charge is 0.493 e. The lowest BCUT2D eigenvalue weighted by Crippen LogP contribution is -2.47. The van der Waals surface area contributed by atoms with E-state index >= 15 is 0 Å². The van der Waals surface area contributed by atoms with Gasteiger partial charge < -0.3 is 23.8 Å². The lowest BCUT2D eigenvalue weighted by atomic mass is 10.0. The van der Waals surface area contributed by atoms with E-state index in [1.165, 1.54) is 26.4 Å². The number of carbonyl (C=O) groups excluding carboxylic acids is 1. The van der Waals surface area contributed by atoms with Crippen molar-refractivity contribution in [1.29, 1.82) is 0 Å². The number of nitrogens with zero attached hydrogens (tertiary/aromatic N) is 1. The molecule has 0 aliphatic carbocycles. The molecular weight excluding hydrogens is 374 g/mol. The molecule has 0 bridgehead atoms. The minimum absolute atomic E-state index is 0.0641. The molecule has 9 heteroatoms. The Morgan fingerprint density at radius 2 is 1.74 bits per heavy atom. The van der Waals surface area contributed by atoms with Gasteiger partial charge in [0.2, 0.25) is 5.91 Å². The molecule has 8 nitrogen and oxygen atoms in total. The van der Waals surface area contributed by atoms with Crippen molar-refractivity contribution >= 4 is 15.7 Å². The second kappa shape index (κ2) is 8.04. The number of amides is 1. The zero-order valence-corrected chi connectivity index (χ0v) is 16.4. The van der Waals surface area contributed by atoms with Crippen molar-refractivity contribution < 1.29 is 32.2 Å². The lowest BCUT2D eigenvalue weighted by molar-refractivity contribution is -0.187. The molecule has 2 heterocycles. The van der Waals surface area contributed by atoms with Crippen LogP contribution in [0.15, 0.2) is 23.1 Å². The maximum Gasteiger partial charge on any atom is 0.223 e. The van der Waals surface area contributed by atoms with Crippen LogP contribution < -0.4 is 9.47 Å². The highest BCUT2D eigenvalue weighted by Crippen LogP contribution is 2.32. The standard InChI is InChI=1S/C18H25NO7S/c1-23-15-4-3-14(13-16(15)24-2)27(21,22)12-5-17(20)19-8-6-18(7-9-19)25-10-11-26-18/h3-4,13H,5-12H2,1-2H3. The SMILES string of the molecule is COc1ccc(S(=O)(=O)CCC(=O)N2CCC3(CC2)OCCO3)cc1OC. The van der Waals surface area contributed by atoms with Crippen LogP contribution in [0.3, 0.4) is 0 Å². The van der Waals surface area contributed by atoms with Gasteiger partial charge in [-0.2, -0.15) is 0 Å². The van der Waals surface area contributed by atoms with Crippen molar-refractivity contribution in [3.8, 4) is 11.5 Å². The van der Waals surface area contributed by atoms with Crippen molar-refractivity contribution in [2.45, 2.75) is 29.9 Å². The molecule has 27 heavy (non-hydrogen) atoms. The maximum absolute atomic E-state index is 12.6. The van der Waals surface area contributed by atoms with Gasteiger partial charge in [0.1, 0.15) is 0 Å². The first-order chi connectivity index (χ1) is 12.9. The highest BCUT2D eigenvalue weighted by Gasteiger charge is 2.40. The third kappa shape index (κ3) is 4.36. The molecule has 3 rings (SSSR count). The van der Waals surface area contributed by atoms with Crippen LogP contribution in [0.5, 0.6) is 11.5 Å². The average molecular weight is 399 g/mol. The van der Waals surface area contributed by atoms with Crippen molar-refractivity contribution in [3.05, 3.63) is 18.2 Å². The third-order valence-electron chi connectivity index (χ3n) is 4.99. The molecule has 0 aromatic heterocycles. The Morgan fingerprint density at radius 3 is 2.33 bits per heavy atom. The van der Waals surface area contributed by atoms with E-state index in [1.807, 2.05) is 0 Å². The first-order valence-electron chi connectivity index (χ1n) is 8.90. The minimum atomic E-state index is -3.61. The summed E-state index contributed by atoms with van der Waals surface area (Å²) in [6.45, 7) is 2.18. The molecule has 0 radical (unpaired) electrons. The number of carbonyl (C=O) groups is 1. The Labute approximate surface area is 159 Å². The third-order valence-corrected chi connectivity index (χ3v) is 6.70. The van der Waals surface area contributed by atoms with E-state index in [9.17, 15) is 13.2 Å². The molecular formula is C18H25NO7S. The van der Waals surface area contributed by atoms with Gasteiger partial charge in [-0.05, 0) is 12.1 Å².